The molecule has 1 heterocycles. The van der Waals surface area contributed by atoms with Gasteiger partial charge in [0.1, 0.15) is 0 Å². The molecule has 0 saturated carbocycles. The Morgan fingerprint density at radius 2 is 2.06 bits per heavy atom. The number of hydrogen-bond donors (Lipinski definition) is 1. The van der Waals surface area contributed by atoms with Crippen LogP contribution in [0.15, 0.2) is 0 Å². The highest BCUT2D eigenvalue weighted by molar-refractivity contribution is 5.76. The largest absolute Gasteiger partial charge is 0.339 e. The maximum absolute atomic E-state index is 12.2. The normalized spacial score (nSPS) is 31.4. The van der Waals surface area contributed by atoms with Crippen molar-refractivity contribution in [2.45, 2.75) is 53.0 Å². The third-order valence-corrected chi connectivity index (χ3v) is 4.17. The maximum atomic E-state index is 12.2. The zero-order valence-corrected chi connectivity index (χ0v) is 11.8. The molecule has 3 heteroatoms. The van der Waals surface area contributed by atoms with Crippen LogP contribution in [0.4, 0.5) is 0 Å². The van der Waals surface area contributed by atoms with Crippen LogP contribution in [-0.2, 0) is 4.79 Å². The SMILES string of the molecule is CC(CN)CCC(=O)N1CC(C)CC(C)C1C. The van der Waals surface area contributed by atoms with Crippen LogP contribution >= 0.6 is 0 Å². The average Bonchev–Trinajstić information content (AvgIpc) is 2.30. The maximum Gasteiger partial charge on any atom is 0.222 e. The van der Waals surface area contributed by atoms with Crippen molar-refractivity contribution in [2.24, 2.45) is 23.5 Å². The number of nitrogens with zero attached hydrogens (tertiary/aromatic N) is 1. The fourth-order valence-electron chi connectivity index (χ4n) is 2.68. The molecule has 0 aromatic rings. The minimum absolute atomic E-state index is 0.316. The van der Waals surface area contributed by atoms with Gasteiger partial charge in [-0.3, -0.25) is 4.79 Å². The Bertz CT molecular complexity index is 255. The average molecular weight is 240 g/mol. The van der Waals surface area contributed by atoms with Crippen molar-refractivity contribution < 1.29 is 4.79 Å². The van der Waals surface area contributed by atoms with E-state index in [0.717, 1.165) is 13.0 Å². The standard InChI is InChI=1S/C14H28N2O/c1-10(8-15)5-6-14(17)16-9-11(2)7-12(3)13(16)4/h10-13H,5-9,15H2,1-4H3. The third kappa shape index (κ3) is 3.98. The summed E-state index contributed by atoms with van der Waals surface area (Å²) in [6, 6.07) is 0.395. The molecular formula is C14H28N2O. The quantitative estimate of drug-likeness (QED) is 0.819. The summed E-state index contributed by atoms with van der Waals surface area (Å²) in [5.41, 5.74) is 5.58. The Hall–Kier alpha value is -0.570. The second kappa shape index (κ2) is 6.39. The molecule has 3 nitrogen and oxygen atoms in total. The van der Waals surface area contributed by atoms with Crippen molar-refractivity contribution in [1.82, 2.24) is 4.90 Å². The van der Waals surface area contributed by atoms with Gasteiger partial charge in [0.2, 0.25) is 5.91 Å². The molecular weight excluding hydrogens is 212 g/mol. The van der Waals surface area contributed by atoms with E-state index in [4.69, 9.17) is 5.73 Å². The Balaban J connectivity index is 2.49. The predicted octanol–water partition coefficient (Wildman–Crippen LogP) is 2.25. The van der Waals surface area contributed by atoms with Crippen LogP contribution in [0.25, 0.3) is 0 Å². The smallest absolute Gasteiger partial charge is 0.222 e. The van der Waals surface area contributed by atoms with E-state index < -0.39 is 0 Å². The molecule has 0 aromatic heterocycles. The van der Waals surface area contributed by atoms with E-state index in [1.54, 1.807) is 0 Å². The molecule has 17 heavy (non-hydrogen) atoms. The molecule has 0 bridgehead atoms. The lowest BCUT2D eigenvalue weighted by molar-refractivity contribution is -0.137. The monoisotopic (exact) mass is 240 g/mol. The van der Waals surface area contributed by atoms with E-state index in [2.05, 4.69) is 32.6 Å². The van der Waals surface area contributed by atoms with Crippen molar-refractivity contribution >= 4 is 5.91 Å². The highest BCUT2D eigenvalue weighted by atomic mass is 16.2. The molecule has 1 saturated heterocycles. The minimum Gasteiger partial charge on any atom is -0.339 e. The minimum atomic E-state index is 0.316. The summed E-state index contributed by atoms with van der Waals surface area (Å²) in [6.07, 6.45) is 2.81. The number of piperidine rings is 1. The van der Waals surface area contributed by atoms with Gasteiger partial charge in [-0.1, -0.05) is 20.8 Å². The van der Waals surface area contributed by atoms with Crippen LogP contribution in [0.3, 0.4) is 0 Å². The summed E-state index contributed by atoms with van der Waals surface area (Å²) in [7, 11) is 0. The lowest BCUT2D eigenvalue weighted by Crippen LogP contribution is -2.48. The molecule has 2 N–H and O–H groups in total. The fourth-order valence-corrected chi connectivity index (χ4v) is 2.68. The second-order valence-corrected chi connectivity index (χ2v) is 5.98. The number of likely N-dealkylation sites (tertiary alicyclic amines) is 1. The van der Waals surface area contributed by atoms with Crippen LogP contribution in [0, 0.1) is 17.8 Å². The van der Waals surface area contributed by atoms with Crippen molar-refractivity contribution in [3.8, 4) is 0 Å². The van der Waals surface area contributed by atoms with Crippen molar-refractivity contribution in [3.05, 3.63) is 0 Å². The molecule has 100 valence electrons. The van der Waals surface area contributed by atoms with Crippen molar-refractivity contribution in [2.75, 3.05) is 13.1 Å². The van der Waals surface area contributed by atoms with Gasteiger partial charge in [-0.25, -0.2) is 0 Å². The third-order valence-electron chi connectivity index (χ3n) is 4.17. The van der Waals surface area contributed by atoms with Gasteiger partial charge in [-0.05, 0) is 44.1 Å². The summed E-state index contributed by atoms with van der Waals surface area (Å²) < 4.78 is 0. The summed E-state index contributed by atoms with van der Waals surface area (Å²) in [5, 5.41) is 0. The molecule has 4 atom stereocenters. The van der Waals surface area contributed by atoms with Gasteiger partial charge >= 0.3 is 0 Å². The van der Waals surface area contributed by atoms with Gasteiger partial charge in [0.05, 0.1) is 0 Å². The Kier molecular flexibility index (Phi) is 5.44. The molecule has 1 rings (SSSR count). The number of amides is 1. The summed E-state index contributed by atoms with van der Waals surface area (Å²) in [4.78, 5) is 14.3. The molecule has 0 aromatic carbocycles. The van der Waals surface area contributed by atoms with Crippen molar-refractivity contribution in [3.63, 3.8) is 0 Å². The highest BCUT2D eigenvalue weighted by Crippen LogP contribution is 2.27. The first-order chi connectivity index (χ1) is 7.95. The van der Waals surface area contributed by atoms with Gasteiger partial charge in [0.15, 0.2) is 0 Å². The molecule has 4 unspecified atom stereocenters. The Morgan fingerprint density at radius 1 is 1.41 bits per heavy atom. The topological polar surface area (TPSA) is 46.3 Å². The molecule has 1 amide bonds. The van der Waals surface area contributed by atoms with E-state index in [9.17, 15) is 4.79 Å². The zero-order chi connectivity index (χ0) is 13.0. The number of carbonyl (C=O) groups is 1. The lowest BCUT2D eigenvalue weighted by Gasteiger charge is -2.41. The number of nitrogens with two attached hydrogens (primary N) is 1. The molecule has 0 spiro atoms. The first kappa shape index (κ1) is 14.5. The zero-order valence-electron chi connectivity index (χ0n) is 11.8. The van der Waals surface area contributed by atoms with Crippen LogP contribution in [0.5, 0.6) is 0 Å². The van der Waals surface area contributed by atoms with Crippen LogP contribution in [-0.4, -0.2) is 29.9 Å². The number of hydrogen-bond acceptors (Lipinski definition) is 2. The van der Waals surface area contributed by atoms with Crippen molar-refractivity contribution in [1.29, 1.82) is 0 Å². The first-order valence-electron chi connectivity index (χ1n) is 6.95. The summed E-state index contributed by atoms with van der Waals surface area (Å²) in [6.45, 7) is 10.4. The van der Waals surface area contributed by atoms with Gasteiger partial charge in [-0.15, -0.1) is 0 Å². The molecule has 0 aliphatic carbocycles. The van der Waals surface area contributed by atoms with E-state index in [0.29, 0.717) is 42.7 Å². The van der Waals surface area contributed by atoms with E-state index in [-0.39, 0.29) is 0 Å². The molecule has 0 radical (unpaired) electrons. The van der Waals surface area contributed by atoms with E-state index in [1.165, 1.54) is 6.42 Å². The van der Waals surface area contributed by atoms with Gasteiger partial charge in [0, 0.05) is 19.0 Å². The van der Waals surface area contributed by atoms with Gasteiger partial charge in [-0.2, -0.15) is 0 Å². The number of rotatable bonds is 4. The Morgan fingerprint density at radius 3 is 2.65 bits per heavy atom. The van der Waals surface area contributed by atoms with E-state index in [1.807, 2.05) is 0 Å². The van der Waals surface area contributed by atoms with Crippen LogP contribution < -0.4 is 5.73 Å². The predicted molar refractivity (Wildman–Crippen MR) is 71.6 cm³/mol. The van der Waals surface area contributed by atoms with Crippen LogP contribution in [0.1, 0.15) is 47.0 Å². The van der Waals surface area contributed by atoms with Gasteiger partial charge < -0.3 is 10.6 Å². The van der Waals surface area contributed by atoms with Gasteiger partial charge in [0.25, 0.3) is 0 Å². The first-order valence-corrected chi connectivity index (χ1v) is 6.95. The Labute approximate surface area is 106 Å². The van der Waals surface area contributed by atoms with E-state index >= 15 is 0 Å². The molecule has 1 aliphatic rings. The summed E-state index contributed by atoms with van der Waals surface area (Å²) >= 11 is 0. The lowest BCUT2D eigenvalue weighted by atomic mass is 9.85. The fraction of sp³-hybridized carbons (Fsp3) is 0.929. The number of carbonyl (C=O) groups excluding carboxylic acids is 1. The molecule has 1 fully saturated rings. The highest BCUT2D eigenvalue weighted by Gasteiger charge is 2.31. The van der Waals surface area contributed by atoms with Crippen LogP contribution in [0.2, 0.25) is 0 Å². The molecule has 1 aliphatic heterocycles. The summed E-state index contributed by atoms with van der Waals surface area (Å²) in [5.74, 6) is 2.02. The second-order valence-electron chi connectivity index (χ2n) is 5.98.